The summed E-state index contributed by atoms with van der Waals surface area (Å²) in [7, 11) is 3.38. The van der Waals surface area contributed by atoms with Gasteiger partial charge in [0, 0.05) is 25.8 Å². The molecule has 5 heteroatoms. The molecule has 2 aromatic rings. The summed E-state index contributed by atoms with van der Waals surface area (Å²) in [5.41, 5.74) is 2.37. The van der Waals surface area contributed by atoms with Crippen molar-refractivity contribution in [2.45, 2.75) is 13.5 Å². The van der Waals surface area contributed by atoms with Gasteiger partial charge in [-0.1, -0.05) is 6.07 Å². The number of benzene rings is 1. The molecule has 0 fully saturated rings. The van der Waals surface area contributed by atoms with Crippen LogP contribution in [0.2, 0.25) is 0 Å². The van der Waals surface area contributed by atoms with Crippen LogP contribution < -0.4 is 5.32 Å². The highest BCUT2D eigenvalue weighted by atomic mass is 19.1. The summed E-state index contributed by atoms with van der Waals surface area (Å²) in [5.74, 6) is 0.879. The SMILES string of the molecule is CNc1cc(COC)nc(-c2cc(F)ccc2C)n1. The second-order valence-corrected chi connectivity index (χ2v) is 4.21. The number of hydrogen-bond donors (Lipinski definition) is 1. The fourth-order valence-corrected chi connectivity index (χ4v) is 1.80. The van der Waals surface area contributed by atoms with E-state index in [0.717, 1.165) is 11.3 Å². The third-order valence-corrected chi connectivity index (χ3v) is 2.77. The van der Waals surface area contributed by atoms with Gasteiger partial charge in [-0.15, -0.1) is 0 Å². The molecule has 19 heavy (non-hydrogen) atoms. The highest BCUT2D eigenvalue weighted by Crippen LogP contribution is 2.23. The Labute approximate surface area is 111 Å². The number of ether oxygens (including phenoxy) is 1. The molecule has 0 radical (unpaired) electrons. The van der Waals surface area contributed by atoms with Crippen molar-refractivity contribution in [1.82, 2.24) is 9.97 Å². The van der Waals surface area contributed by atoms with Crippen LogP contribution in [0.1, 0.15) is 11.3 Å². The van der Waals surface area contributed by atoms with E-state index in [-0.39, 0.29) is 5.82 Å². The van der Waals surface area contributed by atoms with E-state index in [2.05, 4.69) is 15.3 Å². The van der Waals surface area contributed by atoms with Crippen molar-refractivity contribution in [2.24, 2.45) is 0 Å². The van der Waals surface area contributed by atoms with E-state index in [1.165, 1.54) is 12.1 Å². The standard InChI is InChI=1S/C14H16FN3O/c1-9-4-5-10(15)6-12(9)14-17-11(8-19-3)7-13(16-2)18-14/h4-7H,8H2,1-3H3,(H,16,17,18). The summed E-state index contributed by atoms with van der Waals surface area (Å²) < 4.78 is 18.4. The molecule has 0 atom stereocenters. The number of hydrogen-bond acceptors (Lipinski definition) is 4. The van der Waals surface area contributed by atoms with Crippen molar-refractivity contribution >= 4 is 5.82 Å². The van der Waals surface area contributed by atoms with Gasteiger partial charge in [-0.3, -0.25) is 0 Å². The zero-order valence-electron chi connectivity index (χ0n) is 11.2. The van der Waals surface area contributed by atoms with E-state index >= 15 is 0 Å². The van der Waals surface area contributed by atoms with E-state index in [1.807, 2.05) is 13.0 Å². The average Bonchev–Trinajstić information content (AvgIpc) is 2.41. The molecule has 1 heterocycles. The lowest BCUT2D eigenvalue weighted by atomic mass is 10.1. The first kappa shape index (κ1) is 13.4. The molecule has 1 aromatic carbocycles. The number of halogens is 1. The van der Waals surface area contributed by atoms with Gasteiger partial charge >= 0.3 is 0 Å². The minimum atomic E-state index is -0.299. The van der Waals surface area contributed by atoms with Crippen LogP contribution in [0, 0.1) is 12.7 Å². The van der Waals surface area contributed by atoms with Gasteiger partial charge < -0.3 is 10.1 Å². The Morgan fingerprint density at radius 2 is 2.05 bits per heavy atom. The predicted molar refractivity (Wildman–Crippen MR) is 72.4 cm³/mol. The maximum atomic E-state index is 13.4. The molecule has 0 unspecified atom stereocenters. The Kier molecular flexibility index (Phi) is 4.06. The zero-order valence-corrected chi connectivity index (χ0v) is 11.2. The molecule has 4 nitrogen and oxygen atoms in total. The van der Waals surface area contributed by atoms with Crippen LogP contribution in [0.15, 0.2) is 24.3 Å². The van der Waals surface area contributed by atoms with Gasteiger partial charge in [0.15, 0.2) is 5.82 Å². The maximum Gasteiger partial charge on any atom is 0.162 e. The second kappa shape index (κ2) is 5.75. The number of anilines is 1. The summed E-state index contributed by atoms with van der Waals surface area (Å²) >= 11 is 0. The number of aryl methyl sites for hydroxylation is 1. The number of aromatic nitrogens is 2. The molecule has 0 spiro atoms. The van der Waals surface area contributed by atoms with Crippen LogP contribution in [0.5, 0.6) is 0 Å². The van der Waals surface area contributed by atoms with Crippen molar-refractivity contribution in [3.8, 4) is 11.4 Å². The highest BCUT2D eigenvalue weighted by molar-refractivity contribution is 5.61. The summed E-state index contributed by atoms with van der Waals surface area (Å²) in [4.78, 5) is 8.76. The largest absolute Gasteiger partial charge is 0.378 e. The third-order valence-electron chi connectivity index (χ3n) is 2.77. The lowest BCUT2D eigenvalue weighted by Crippen LogP contribution is -2.02. The van der Waals surface area contributed by atoms with Crippen LogP contribution in [-0.2, 0) is 11.3 Å². The number of nitrogens with one attached hydrogen (secondary N) is 1. The normalized spacial score (nSPS) is 10.5. The van der Waals surface area contributed by atoms with Crippen molar-refractivity contribution in [3.05, 3.63) is 41.3 Å². The molecule has 100 valence electrons. The monoisotopic (exact) mass is 261 g/mol. The second-order valence-electron chi connectivity index (χ2n) is 4.21. The minimum absolute atomic E-state index is 0.299. The van der Waals surface area contributed by atoms with Gasteiger partial charge in [-0.05, 0) is 24.6 Å². The van der Waals surface area contributed by atoms with Crippen LogP contribution in [0.3, 0.4) is 0 Å². The topological polar surface area (TPSA) is 47.0 Å². The van der Waals surface area contributed by atoms with Gasteiger partial charge in [-0.25, -0.2) is 14.4 Å². The Balaban J connectivity index is 2.54. The van der Waals surface area contributed by atoms with E-state index in [0.29, 0.717) is 23.8 Å². The fraction of sp³-hybridized carbons (Fsp3) is 0.286. The van der Waals surface area contributed by atoms with Crippen LogP contribution in [-0.4, -0.2) is 24.1 Å². The molecule has 1 aromatic heterocycles. The molecule has 0 bridgehead atoms. The number of rotatable bonds is 4. The summed E-state index contributed by atoms with van der Waals surface area (Å²) in [6.07, 6.45) is 0. The Morgan fingerprint density at radius 3 is 2.74 bits per heavy atom. The van der Waals surface area contributed by atoms with Gasteiger partial charge in [0.25, 0.3) is 0 Å². The molecule has 1 N–H and O–H groups in total. The summed E-state index contributed by atoms with van der Waals surface area (Å²) in [5, 5.41) is 2.97. The van der Waals surface area contributed by atoms with Crippen molar-refractivity contribution in [3.63, 3.8) is 0 Å². The molecule has 0 amide bonds. The number of methoxy groups -OCH3 is 1. The zero-order chi connectivity index (χ0) is 13.8. The molecule has 0 saturated carbocycles. The quantitative estimate of drug-likeness (QED) is 0.919. The van der Waals surface area contributed by atoms with Crippen LogP contribution in [0.4, 0.5) is 10.2 Å². The van der Waals surface area contributed by atoms with E-state index in [9.17, 15) is 4.39 Å². The Bertz CT molecular complexity index is 587. The van der Waals surface area contributed by atoms with Crippen molar-refractivity contribution < 1.29 is 9.13 Å². The summed E-state index contributed by atoms with van der Waals surface area (Å²) in [6, 6.07) is 6.40. The first-order valence-corrected chi connectivity index (χ1v) is 5.95. The number of nitrogens with zero attached hydrogens (tertiary/aromatic N) is 2. The average molecular weight is 261 g/mol. The molecular formula is C14H16FN3O. The first-order chi connectivity index (χ1) is 9.13. The van der Waals surface area contributed by atoms with E-state index in [1.54, 1.807) is 20.2 Å². The lowest BCUT2D eigenvalue weighted by molar-refractivity contribution is 0.181. The van der Waals surface area contributed by atoms with Gasteiger partial charge in [0.2, 0.25) is 0 Å². The molecule has 2 rings (SSSR count). The van der Waals surface area contributed by atoms with E-state index < -0.39 is 0 Å². The van der Waals surface area contributed by atoms with Gasteiger partial charge in [0.05, 0.1) is 12.3 Å². The molecular weight excluding hydrogens is 245 g/mol. The molecule has 0 saturated heterocycles. The Morgan fingerprint density at radius 1 is 1.26 bits per heavy atom. The lowest BCUT2D eigenvalue weighted by Gasteiger charge is -2.09. The highest BCUT2D eigenvalue weighted by Gasteiger charge is 2.10. The molecule has 0 aliphatic carbocycles. The van der Waals surface area contributed by atoms with Crippen LogP contribution >= 0.6 is 0 Å². The van der Waals surface area contributed by atoms with Gasteiger partial charge in [-0.2, -0.15) is 0 Å². The van der Waals surface area contributed by atoms with E-state index in [4.69, 9.17) is 4.74 Å². The van der Waals surface area contributed by atoms with Gasteiger partial charge in [0.1, 0.15) is 11.6 Å². The molecule has 0 aliphatic rings. The maximum absolute atomic E-state index is 13.4. The fourth-order valence-electron chi connectivity index (χ4n) is 1.80. The van der Waals surface area contributed by atoms with Crippen molar-refractivity contribution in [1.29, 1.82) is 0 Å². The Hall–Kier alpha value is -2.01. The first-order valence-electron chi connectivity index (χ1n) is 5.95. The smallest absolute Gasteiger partial charge is 0.162 e. The minimum Gasteiger partial charge on any atom is -0.378 e. The third kappa shape index (κ3) is 3.06. The summed E-state index contributed by atoms with van der Waals surface area (Å²) in [6.45, 7) is 2.29. The van der Waals surface area contributed by atoms with Crippen molar-refractivity contribution in [2.75, 3.05) is 19.5 Å². The predicted octanol–water partition coefficient (Wildman–Crippen LogP) is 2.78. The molecule has 0 aliphatic heterocycles. The van der Waals surface area contributed by atoms with Crippen LogP contribution in [0.25, 0.3) is 11.4 Å².